The lowest BCUT2D eigenvalue weighted by atomic mass is 10.0. The van der Waals surface area contributed by atoms with Gasteiger partial charge in [-0.05, 0) is 26.8 Å². The van der Waals surface area contributed by atoms with Crippen molar-refractivity contribution in [3.63, 3.8) is 0 Å². The molecule has 0 aromatic carbocycles. The fourth-order valence-electron chi connectivity index (χ4n) is 1.59. The summed E-state index contributed by atoms with van der Waals surface area (Å²) < 4.78 is 25.0. The normalized spacial score (nSPS) is 12.9. The van der Waals surface area contributed by atoms with E-state index in [2.05, 4.69) is 0 Å². The van der Waals surface area contributed by atoms with Gasteiger partial charge >= 0.3 is 0 Å². The standard InChI is InChI=1S/C14H23NO3S/c1-11(2)13(16)12-6-7-15(10-12)8-9-19(17,18)14(3,4)5/h6-7,10-11H,8-9H2,1-5H3. The van der Waals surface area contributed by atoms with Gasteiger partial charge in [0.25, 0.3) is 0 Å². The Labute approximate surface area is 115 Å². The molecule has 0 N–H and O–H groups in total. The number of ketones is 1. The SMILES string of the molecule is CC(C)C(=O)c1ccn(CCS(=O)(=O)C(C)(C)C)c1. The van der Waals surface area contributed by atoms with Crippen LogP contribution in [0.15, 0.2) is 18.5 Å². The third kappa shape index (κ3) is 3.93. The Morgan fingerprint density at radius 2 is 1.89 bits per heavy atom. The van der Waals surface area contributed by atoms with E-state index in [0.717, 1.165) is 0 Å². The van der Waals surface area contributed by atoms with E-state index >= 15 is 0 Å². The maximum atomic E-state index is 12.0. The largest absolute Gasteiger partial charge is 0.352 e. The van der Waals surface area contributed by atoms with Gasteiger partial charge in [-0.1, -0.05) is 13.8 Å². The fourth-order valence-corrected chi connectivity index (χ4v) is 2.65. The highest BCUT2D eigenvalue weighted by molar-refractivity contribution is 7.92. The number of carbonyl (C=O) groups excluding carboxylic acids is 1. The number of aryl methyl sites for hydroxylation is 1. The summed E-state index contributed by atoms with van der Waals surface area (Å²) in [5.41, 5.74) is 0.642. The van der Waals surface area contributed by atoms with Crippen LogP contribution < -0.4 is 0 Å². The Hall–Kier alpha value is -1.10. The van der Waals surface area contributed by atoms with E-state index in [9.17, 15) is 13.2 Å². The first-order valence-electron chi connectivity index (χ1n) is 6.47. The predicted octanol–water partition coefficient (Wildman–Crippen LogP) is 2.54. The molecule has 0 unspecified atom stereocenters. The fraction of sp³-hybridized carbons (Fsp3) is 0.643. The maximum absolute atomic E-state index is 12.0. The van der Waals surface area contributed by atoms with E-state index in [1.165, 1.54) is 0 Å². The highest BCUT2D eigenvalue weighted by Gasteiger charge is 2.28. The molecule has 0 amide bonds. The Kier molecular flexibility index (Phi) is 4.61. The monoisotopic (exact) mass is 285 g/mol. The molecule has 1 heterocycles. The smallest absolute Gasteiger partial charge is 0.166 e. The topological polar surface area (TPSA) is 56.1 Å². The minimum absolute atomic E-state index is 0.0471. The van der Waals surface area contributed by atoms with Crippen LogP contribution in [0.25, 0.3) is 0 Å². The van der Waals surface area contributed by atoms with Crippen LogP contribution in [0.2, 0.25) is 0 Å². The van der Waals surface area contributed by atoms with E-state index in [1.54, 1.807) is 43.8 Å². The zero-order valence-electron chi connectivity index (χ0n) is 12.3. The summed E-state index contributed by atoms with van der Waals surface area (Å²) in [6.07, 6.45) is 3.48. The summed E-state index contributed by atoms with van der Waals surface area (Å²) in [7, 11) is -3.13. The molecule has 0 saturated heterocycles. The molecule has 108 valence electrons. The van der Waals surface area contributed by atoms with Crippen LogP contribution in [0.1, 0.15) is 45.0 Å². The van der Waals surface area contributed by atoms with Gasteiger partial charge in [0.1, 0.15) is 0 Å². The lowest BCUT2D eigenvalue weighted by Crippen LogP contribution is -2.31. The molecule has 0 aliphatic rings. The first-order valence-corrected chi connectivity index (χ1v) is 8.12. The van der Waals surface area contributed by atoms with Crippen molar-refractivity contribution < 1.29 is 13.2 Å². The Morgan fingerprint density at radius 3 is 2.37 bits per heavy atom. The van der Waals surface area contributed by atoms with Crippen LogP contribution in [0.3, 0.4) is 0 Å². The Morgan fingerprint density at radius 1 is 1.32 bits per heavy atom. The van der Waals surface area contributed by atoms with Gasteiger partial charge in [0.05, 0.1) is 10.5 Å². The zero-order chi connectivity index (χ0) is 14.8. The van der Waals surface area contributed by atoms with E-state index in [0.29, 0.717) is 12.1 Å². The number of sulfone groups is 1. The lowest BCUT2D eigenvalue weighted by molar-refractivity contribution is 0.0939. The minimum Gasteiger partial charge on any atom is -0.352 e. The Bertz CT molecular complexity index is 547. The van der Waals surface area contributed by atoms with Crippen LogP contribution in [0.4, 0.5) is 0 Å². The quantitative estimate of drug-likeness (QED) is 0.781. The molecule has 0 spiro atoms. The van der Waals surface area contributed by atoms with Crippen molar-refractivity contribution in [1.82, 2.24) is 4.57 Å². The summed E-state index contributed by atoms with van der Waals surface area (Å²) in [5.74, 6) is 0.118. The third-order valence-corrected chi connectivity index (χ3v) is 5.70. The Balaban J connectivity index is 2.74. The molecule has 1 aromatic heterocycles. The number of Topliss-reactive ketones (excluding diaryl/α,β-unsaturated/α-hetero) is 1. The van der Waals surface area contributed by atoms with Crippen molar-refractivity contribution in [3.8, 4) is 0 Å². The molecule has 0 radical (unpaired) electrons. The molecular formula is C14H23NO3S. The summed E-state index contributed by atoms with van der Waals surface area (Å²) >= 11 is 0. The van der Waals surface area contributed by atoms with Gasteiger partial charge in [0, 0.05) is 30.4 Å². The number of aromatic nitrogens is 1. The van der Waals surface area contributed by atoms with Gasteiger partial charge in [0.2, 0.25) is 0 Å². The van der Waals surface area contributed by atoms with E-state index in [4.69, 9.17) is 0 Å². The van der Waals surface area contributed by atoms with Crippen molar-refractivity contribution in [2.75, 3.05) is 5.75 Å². The van der Waals surface area contributed by atoms with Gasteiger partial charge in [-0.2, -0.15) is 0 Å². The number of carbonyl (C=O) groups is 1. The van der Waals surface area contributed by atoms with Crippen molar-refractivity contribution in [2.45, 2.75) is 45.9 Å². The van der Waals surface area contributed by atoms with Gasteiger partial charge in [-0.3, -0.25) is 4.79 Å². The van der Waals surface area contributed by atoms with E-state index in [1.807, 2.05) is 13.8 Å². The van der Waals surface area contributed by atoms with Crippen molar-refractivity contribution in [3.05, 3.63) is 24.0 Å². The molecule has 5 heteroatoms. The number of hydrogen-bond donors (Lipinski definition) is 0. The number of rotatable bonds is 5. The molecule has 0 bridgehead atoms. The molecular weight excluding hydrogens is 262 g/mol. The summed E-state index contributed by atoms with van der Waals surface area (Å²) in [6, 6.07) is 1.74. The first-order chi connectivity index (χ1) is 8.54. The van der Waals surface area contributed by atoms with Crippen molar-refractivity contribution in [2.24, 2.45) is 5.92 Å². The number of nitrogens with zero attached hydrogens (tertiary/aromatic N) is 1. The average Bonchev–Trinajstić information content (AvgIpc) is 2.72. The van der Waals surface area contributed by atoms with Gasteiger partial charge in [-0.15, -0.1) is 0 Å². The van der Waals surface area contributed by atoms with Gasteiger partial charge < -0.3 is 4.57 Å². The molecule has 0 atom stereocenters. The molecule has 0 aliphatic carbocycles. The average molecular weight is 285 g/mol. The molecule has 1 rings (SSSR count). The molecule has 1 aromatic rings. The van der Waals surface area contributed by atoms with Crippen LogP contribution >= 0.6 is 0 Å². The first kappa shape index (κ1) is 16.0. The second-order valence-electron chi connectivity index (χ2n) is 6.09. The molecule has 0 fully saturated rings. The van der Waals surface area contributed by atoms with Crippen LogP contribution in [0.5, 0.6) is 0 Å². The minimum atomic E-state index is -3.13. The lowest BCUT2D eigenvalue weighted by Gasteiger charge is -2.19. The second-order valence-corrected chi connectivity index (χ2v) is 8.95. The summed E-state index contributed by atoms with van der Waals surface area (Å²) in [4.78, 5) is 11.8. The summed E-state index contributed by atoms with van der Waals surface area (Å²) in [6.45, 7) is 9.18. The predicted molar refractivity (Wildman–Crippen MR) is 77.1 cm³/mol. The van der Waals surface area contributed by atoms with Crippen molar-refractivity contribution >= 4 is 15.6 Å². The summed E-state index contributed by atoms with van der Waals surface area (Å²) in [5, 5.41) is 0. The van der Waals surface area contributed by atoms with Crippen LogP contribution in [-0.2, 0) is 16.4 Å². The third-order valence-electron chi connectivity index (χ3n) is 3.11. The molecule has 19 heavy (non-hydrogen) atoms. The van der Waals surface area contributed by atoms with Crippen molar-refractivity contribution in [1.29, 1.82) is 0 Å². The maximum Gasteiger partial charge on any atom is 0.166 e. The van der Waals surface area contributed by atoms with Crippen LogP contribution in [-0.4, -0.2) is 29.3 Å². The second kappa shape index (κ2) is 5.49. The van der Waals surface area contributed by atoms with E-state index < -0.39 is 14.6 Å². The molecule has 4 nitrogen and oxygen atoms in total. The van der Waals surface area contributed by atoms with Gasteiger partial charge in [0.15, 0.2) is 15.6 Å². The van der Waals surface area contributed by atoms with E-state index in [-0.39, 0.29) is 17.5 Å². The zero-order valence-corrected chi connectivity index (χ0v) is 13.1. The number of hydrogen-bond acceptors (Lipinski definition) is 3. The highest BCUT2D eigenvalue weighted by Crippen LogP contribution is 2.16. The van der Waals surface area contributed by atoms with Crippen LogP contribution in [0, 0.1) is 5.92 Å². The van der Waals surface area contributed by atoms with Gasteiger partial charge in [-0.25, -0.2) is 8.42 Å². The highest BCUT2D eigenvalue weighted by atomic mass is 32.2. The molecule has 0 saturated carbocycles. The molecule has 0 aliphatic heterocycles.